The summed E-state index contributed by atoms with van der Waals surface area (Å²) < 4.78 is 0. The largest absolute Gasteiger partial charge is 0.328 e. The Balaban J connectivity index is 1.77. The molecule has 0 heterocycles. The highest BCUT2D eigenvalue weighted by atomic mass is 35.5. The van der Waals surface area contributed by atoms with Crippen LogP contribution in [0.3, 0.4) is 0 Å². The van der Waals surface area contributed by atoms with Crippen molar-refractivity contribution in [3.05, 3.63) is 34.3 Å². The molecule has 0 unspecified atom stereocenters. The molecule has 1 aliphatic carbocycles. The van der Waals surface area contributed by atoms with Gasteiger partial charge in [0.15, 0.2) is 0 Å². The zero-order valence-corrected chi connectivity index (χ0v) is 12.1. The topological polar surface area (TPSA) is 64.1 Å². The molecule has 0 aliphatic heterocycles. The van der Waals surface area contributed by atoms with Crippen LogP contribution >= 0.6 is 11.6 Å². The van der Waals surface area contributed by atoms with Crippen LogP contribution in [0, 0.1) is 5.92 Å². The molecule has 1 aliphatic rings. The van der Waals surface area contributed by atoms with Crippen LogP contribution in [0.2, 0.25) is 5.02 Å². The van der Waals surface area contributed by atoms with Crippen LogP contribution < -0.4 is 16.8 Å². The maximum Gasteiger partial charge on any atom is 0.0412 e. The molecule has 3 nitrogen and oxygen atoms in total. The van der Waals surface area contributed by atoms with E-state index < -0.39 is 0 Å². The molecule has 106 valence electrons. The SMILES string of the molecule is NCc1cc(Cl)cc(CNCC2CCC(N)CC2)c1. The first-order chi connectivity index (χ1) is 9.17. The zero-order valence-electron chi connectivity index (χ0n) is 11.4. The van der Waals surface area contributed by atoms with Gasteiger partial charge in [-0.1, -0.05) is 17.7 Å². The Labute approximate surface area is 120 Å². The van der Waals surface area contributed by atoms with Gasteiger partial charge < -0.3 is 16.8 Å². The van der Waals surface area contributed by atoms with Crippen molar-refractivity contribution in [3.63, 3.8) is 0 Å². The minimum absolute atomic E-state index is 0.427. The first-order valence-corrected chi connectivity index (χ1v) is 7.50. The van der Waals surface area contributed by atoms with Crippen molar-refractivity contribution in [1.82, 2.24) is 5.32 Å². The van der Waals surface area contributed by atoms with E-state index in [1.165, 1.54) is 31.2 Å². The van der Waals surface area contributed by atoms with E-state index in [1.54, 1.807) is 0 Å². The summed E-state index contributed by atoms with van der Waals surface area (Å²) in [6.45, 7) is 2.46. The number of rotatable bonds is 5. The van der Waals surface area contributed by atoms with Crippen molar-refractivity contribution in [2.24, 2.45) is 17.4 Å². The fraction of sp³-hybridized carbons (Fsp3) is 0.600. The molecule has 0 aromatic heterocycles. The number of benzene rings is 1. The molecule has 2 rings (SSSR count). The standard InChI is InChI=1S/C15H24ClN3/c16-14-6-12(8-17)5-13(7-14)10-19-9-11-1-3-15(18)4-2-11/h5-7,11,15,19H,1-4,8-10,17-18H2. The van der Waals surface area contributed by atoms with Gasteiger partial charge in [-0.05, 0) is 61.4 Å². The second-order valence-electron chi connectivity index (χ2n) is 5.58. The maximum atomic E-state index is 6.08. The van der Waals surface area contributed by atoms with Crippen molar-refractivity contribution in [2.75, 3.05) is 6.54 Å². The Bertz CT molecular complexity index is 400. The maximum absolute atomic E-state index is 6.08. The van der Waals surface area contributed by atoms with Gasteiger partial charge in [-0.3, -0.25) is 0 Å². The van der Waals surface area contributed by atoms with Crippen LogP contribution in [0.5, 0.6) is 0 Å². The number of nitrogens with one attached hydrogen (secondary N) is 1. The predicted molar refractivity (Wildman–Crippen MR) is 81.0 cm³/mol. The number of halogens is 1. The van der Waals surface area contributed by atoms with E-state index in [4.69, 9.17) is 23.1 Å². The van der Waals surface area contributed by atoms with Crippen LogP contribution in [0.15, 0.2) is 18.2 Å². The van der Waals surface area contributed by atoms with Crippen LogP contribution in [0.4, 0.5) is 0 Å². The second-order valence-corrected chi connectivity index (χ2v) is 6.02. The Morgan fingerprint density at radius 2 is 1.79 bits per heavy atom. The highest BCUT2D eigenvalue weighted by Crippen LogP contribution is 2.22. The van der Waals surface area contributed by atoms with Gasteiger partial charge in [0.2, 0.25) is 0 Å². The molecule has 19 heavy (non-hydrogen) atoms. The average Bonchev–Trinajstić information content (AvgIpc) is 2.40. The van der Waals surface area contributed by atoms with Crippen molar-refractivity contribution in [3.8, 4) is 0 Å². The Kier molecular flexibility index (Phi) is 5.64. The Morgan fingerprint density at radius 3 is 2.47 bits per heavy atom. The first-order valence-electron chi connectivity index (χ1n) is 7.12. The van der Waals surface area contributed by atoms with E-state index in [-0.39, 0.29) is 0 Å². The summed E-state index contributed by atoms with van der Waals surface area (Å²) in [5.74, 6) is 0.771. The Hall–Kier alpha value is -0.610. The summed E-state index contributed by atoms with van der Waals surface area (Å²) in [6, 6.07) is 6.48. The molecular weight excluding hydrogens is 258 g/mol. The summed E-state index contributed by atoms with van der Waals surface area (Å²) in [5.41, 5.74) is 13.9. The van der Waals surface area contributed by atoms with E-state index >= 15 is 0 Å². The quantitative estimate of drug-likeness (QED) is 0.777. The zero-order chi connectivity index (χ0) is 13.7. The van der Waals surface area contributed by atoms with Gasteiger partial charge in [0, 0.05) is 24.2 Å². The molecule has 1 aromatic rings. The fourth-order valence-electron chi connectivity index (χ4n) is 2.75. The molecule has 1 fully saturated rings. The molecule has 4 heteroatoms. The van der Waals surface area contributed by atoms with Crippen LogP contribution in [0.25, 0.3) is 0 Å². The lowest BCUT2D eigenvalue weighted by Crippen LogP contribution is -2.31. The fourth-order valence-corrected chi connectivity index (χ4v) is 3.03. The van der Waals surface area contributed by atoms with Gasteiger partial charge in [0.05, 0.1) is 0 Å². The van der Waals surface area contributed by atoms with E-state index in [1.807, 2.05) is 12.1 Å². The van der Waals surface area contributed by atoms with Gasteiger partial charge in [0.25, 0.3) is 0 Å². The summed E-state index contributed by atoms with van der Waals surface area (Å²) in [5, 5.41) is 4.29. The Morgan fingerprint density at radius 1 is 1.11 bits per heavy atom. The van der Waals surface area contributed by atoms with E-state index in [0.717, 1.165) is 29.6 Å². The molecular formula is C15H24ClN3. The lowest BCUT2D eigenvalue weighted by atomic mass is 9.86. The normalized spacial score (nSPS) is 23.5. The van der Waals surface area contributed by atoms with E-state index in [9.17, 15) is 0 Å². The summed E-state index contributed by atoms with van der Waals surface area (Å²) in [4.78, 5) is 0. The number of hydrogen-bond donors (Lipinski definition) is 3. The van der Waals surface area contributed by atoms with Crippen molar-refractivity contribution < 1.29 is 0 Å². The van der Waals surface area contributed by atoms with Crippen molar-refractivity contribution in [2.45, 2.75) is 44.8 Å². The molecule has 0 bridgehead atoms. The molecule has 0 radical (unpaired) electrons. The van der Waals surface area contributed by atoms with E-state index in [0.29, 0.717) is 12.6 Å². The van der Waals surface area contributed by atoms with Crippen LogP contribution in [0.1, 0.15) is 36.8 Å². The lowest BCUT2D eigenvalue weighted by molar-refractivity contribution is 0.314. The first kappa shape index (κ1) is 14.8. The third kappa shape index (κ3) is 4.77. The molecule has 5 N–H and O–H groups in total. The highest BCUT2D eigenvalue weighted by molar-refractivity contribution is 6.30. The number of hydrogen-bond acceptors (Lipinski definition) is 3. The smallest absolute Gasteiger partial charge is 0.0412 e. The minimum Gasteiger partial charge on any atom is -0.328 e. The van der Waals surface area contributed by atoms with E-state index in [2.05, 4.69) is 11.4 Å². The second kappa shape index (κ2) is 7.25. The lowest BCUT2D eigenvalue weighted by Gasteiger charge is -2.26. The summed E-state index contributed by atoms with van der Waals surface area (Å²) >= 11 is 6.08. The average molecular weight is 282 g/mol. The van der Waals surface area contributed by atoms with Crippen LogP contribution in [-0.2, 0) is 13.1 Å². The molecule has 0 saturated heterocycles. The van der Waals surface area contributed by atoms with Gasteiger partial charge in [-0.2, -0.15) is 0 Å². The van der Waals surface area contributed by atoms with Crippen LogP contribution in [-0.4, -0.2) is 12.6 Å². The van der Waals surface area contributed by atoms with Crippen molar-refractivity contribution >= 4 is 11.6 Å². The van der Waals surface area contributed by atoms with Gasteiger partial charge in [0.1, 0.15) is 0 Å². The third-order valence-electron chi connectivity index (χ3n) is 3.91. The third-order valence-corrected chi connectivity index (χ3v) is 4.12. The summed E-state index contributed by atoms with van der Waals surface area (Å²) in [7, 11) is 0. The van der Waals surface area contributed by atoms with Gasteiger partial charge in [-0.15, -0.1) is 0 Å². The number of nitrogens with two attached hydrogens (primary N) is 2. The minimum atomic E-state index is 0.427. The molecule has 1 saturated carbocycles. The van der Waals surface area contributed by atoms with Gasteiger partial charge in [-0.25, -0.2) is 0 Å². The van der Waals surface area contributed by atoms with Gasteiger partial charge >= 0.3 is 0 Å². The predicted octanol–water partition coefficient (Wildman–Crippen LogP) is 2.41. The molecule has 0 atom stereocenters. The molecule has 0 spiro atoms. The highest BCUT2D eigenvalue weighted by Gasteiger charge is 2.17. The molecule has 1 aromatic carbocycles. The molecule has 0 amide bonds. The summed E-state index contributed by atoms with van der Waals surface area (Å²) in [6.07, 6.45) is 4.83. The monoisotopic (exact) mass is 281 g/mol. The van der Waals surface area contributed by atoms with Crippen molar-refractivity contribution in [1.29, 1.82) is 0 Å².